The maximum Gasteiger partial charge on any atom is 0.352 e. The smallest absolute Gasteiger partial charge is 0.352 e. The van der Waals surface area contributed by atoms with Crippen LogP contribution in [-0.2, 0) is 6.42 Å². The minimum Gasteiger partial charge on any atom is -0.449 e. The third-order valence-electron chi connectivity index (χ3n) is 5.56. The standard InChI is InChI=1S/C27H23BrN6O5/c1-32(2)25(35)19-9-6-10-21(14-19)39-27-31-23(13-17-7-4-3-5-8-17)24(34(36)37)26(33(27)30)38-22-12-18(16-29)11-20(28)15-22/h3-12,14-15,27H,13,30H2,1-2H3. The van der Waals surface area contributed by atoms with Gasteiger partial charge in [-0.15, -0.1) is 0 Å². The Morgan fingerprint density at radius 2 is 1.90 bits per heavy atom. The lowest BCUT2D eigenvalue weighted by molar-refractivity contribution is -0.420. The van der Waals surface area contributed by atoms with Crippen molar-refractivity contribution in [1.29, 1.82) is 5.26 Å². The second kappa shape index (κ2) is 11.8. The van der Waals surface area contributed by atoms with E-state index in [2.05, 4.69) is 20.9 Å². The van der Waals surface area contributed by atoms with Crippen LogP contribution < -0.4 is 15.3 Å². The van der Waals surface area contributed by atoms with Gasteiger partial charge in [0.05, 0.1) is 16.6 Å². The molecule has 3 aromatic carbocycles. The molecular formula is C27H23BrN6O5. The third-order valence-corrected chi connectivity index (χ3v) is 6.01. The molecule has 0 radical (unpaired) electrons. The van der Waals surface area contributed by atoms with Gasteiger partial charge >= 0.3 is 5.70 Å². The van der Waals surface area contributed by atoms with Gasteiger partial charge in [0.1, 0.15) is 17.2 Å². The van der Waals surface area contributed by atoms with Gasteiger partial charge in [-0.2, -0.15) is 5.26 Å². The van der Waals surface area contributed by atoms with Crippen molar-refractivity contribution in [1.82, 2.24) is 9.91 Å². The molecule has 0 aliphatic carbocycles. The van der Waals surface area contributed by atoms with Crippen LogP contribution in [0.5, 0.6) is 11.5 Å². The Hall–Kier alpha value is -4.73. The molecule has 1 aliphatic heterocycles. The highest BCUT2D eigenvalue weighted by Gasteiger charge is 2.39. The number of hydrogen-bond acceptors (Lipinski definition) is 9. The van der Waals surface area contributed by atoms with Crippen molar-refractivity contribution in [2.75, 3.05) is 14.1 Å². The topological polar surface area (TPSA) is 147 Å². The number of aliphatic imine (C=N–C) groups is 1. The van der Waals surface area contributed by atoms with E-state index in [-0.39, 0.29) is 41.0 Å². The first-order valence-corrected chi connectivity index (χ1v) is 12.4. The minimum atomic E-state index is -1.27. The number of benzene rings is 3. The molecule has 0 saturated carbocycles. The summed E-state index contributed by atoms with van der Waals surface area (Å²) in [5.41, 5.74) is 1.05. The SMILES string of the molecule is CN(C)C(=O)c1cccc(OC2N=C(Cc3ccccc3)C([N+](=O)[O-])=C(Oc3cc(Br)cc(C#N)c3)N2N)c1. The van der Waals surface area contributed by atoms with Gasteiger partial charge in [-0.1, -0.05) is 52.3 Å². The molecule has 1 amide bonds. The number of nitrogens with two attached hydrogens (primary N) is 1. The Labute approximate surface area is 232 Å². The fourth-order valence-corrected chi connectivity index (χ4v) is 4.24. The summed E-state index contributed by atoms with van der Waals surface area (Å²) >= 11 is 3.31. The number of halogens is 1. The highest BCUT2D eigenvalue weighted by Crippen LogP contribution is 2.29. The zero-order valence-corrected chi connectivity index (χ0v) is 22.5. The summed E-state index contributed by atoms with van der Waals surface area (Å²) in [6.45, 7) is 0. The predicted molar refractivity (Wildman–Crippen MR) is 146 cm³/mol. The number of nitriles is 1. The second-order valence-electron chi connectivity index (χ2n) is 8.62. The lowest BCUT2D eigenvalue weighted by atomic mass is 10.1. The van der Waals surface area contributed by atoms with Crippen molar-refractivity contribution < 1.29 is 19.2 Å². The van der Waals surface area contributed by atoms with Gasteiger partial charge in [0.15, 0.2) is 0 Å². The van der Waals surface area contributed by atoms with Gasteiger partial charge in [0.2, 0.25) is 0 Å². The average Bonchev–Trinajstić information content (AvgIpc) is 2.91. The number of nitrogens with zero attached hydrogens (tertiary/aromatic N) is 5. The Balaban J connectivity index is 1.77. The van der Waals surface area contributed by atoms with Crippen molar-refractivity contribution >= 4 is 27.5 Å². The van der Waals surface area contributed by atoms with E-state index in [0.717, 1.165) is 10.6 Å². The quantitative estimate of drug-likeness (QED) is 0.234. The summed E-state index contributed by atoms with van der Waals surface area (Å²) < 4.78 is 12.5. The number of carbonyl (C=O) groups excluding carboxylic acids is 1. The van der Waals surface area contributed by atoms with Crippen LogP contribution in [0.3, 0.4) is 0 Å². The van der Waals surface area contributed by atoms with E-state index < -0.39 is 17.0 Å². The van der Waals surface area contributed by atoms with Crippen molar-refractivity contribution in [3.63, 3.8) is 0 Å². The first-order chi connectivity index (χ1) is 18.7. The van der Waals surface area contributed by atoms with Gasteiger partial charge in [0.25, 0.3) is 18.1 Å². The Morgan fingerprint density at radius 3 is 2.56 bits per heavy atom. The van der Waals surface area contributed by atoms with Gasteiger partial charge in [-0.25, -0.2) is 15.8 Å². The lowest BCUT2D eigenvalue weighted by Gasteiger charge is -2.31. The number of ether oxygens (including phenoxy) is 2. The molecule has 0 saturated heterocycles. The number of carbonyl (C=O) groups is 1. The van der Waals surface area contributed by atoms with Crippen LogP contribution in [0.1, 0.15) is 21.5 Å². The summed E-state index contributed by atoms with van der Waals surface area (Å²) in [5.74, 6) is 6.17. The highest BCUT2D eigenvalue weighted by molar-refractivity contribution is 9.10. The van der Waals surface area contributed by atoms with Gasteiger partial charge in [0, 0.05) is 30.6 Å². The molecule has 12 heteroatoms. The summed E-state index contributed by atoms with van der Waals surface area (Å²) in [5, 5.41) is 22.5. The van der Waals surface area contributed by atoms with Gasteiger partial charge < -0.3 is 14.4 Å². The molecular weight excluding hydrogens is 568 g/mol. The molecule has 0 fully saturated rings. The largest absolute Gasteiger partial charge is 0.449 e. The van der Waals surface area contributed by atoms with E-state index in [9.17, 15) is 20.2 Å². The van der Waals surface area contributed by atoms with Gasteiger partial charge in [-0.3, -0.25) is 14.9 Å². The van der Waals surface area contributed by atoms with Crippen molar-refractivity contribution in [2.24, 2.45) is 10.8 Å². The molecule has 3 aromatic rings. The van der Waals surface area contributed by atoms with E-state index in [4.69, 9.17) is 15.3 Å². The number of rotatable bonds is 8. The minimum absolute atomic E-state index is 0.0731. The van der Waals surface area contributed by atoms with Crippen LogP contribution in [0.4, 0.5) is 0 Å². The highest BCUT2D eigenvalue weighted by atomic mass is 79.9. The van der Waals surface area contributed by atoms with Crippen molar-refractivity contribution in [3.05, 3.63) is 116 Å². The molecule has 0 spiro atoms. The number of amides is 1. The second-order valence-corrected chi connectivity index (χ2v) is 9.53. The fraction of sp³-hybridized carbons (Fsp3) is 0.148. The maximum atomic E-state index is 12.4. The first kappa shape index (κ1) is 27.3. The summed E-state index contributed by atoms with van der Waals surface area (Å²) in [6.07, 6.45) is -1.17. The van der Waals surface area contributed by atoms with Crippen LogP contribution in [-0.4, -0.2) is 46.9 Å². The normalized spacial score (nSPS) is 14.8. The molecule has 0 aromatic heterocycles. The van der Waals surface area contributed by atoms with Crippen LogP contribution in [0.2, 0.25) is 0 Å². The number of hydrogen-bond donors (Lipinski definition) is 1. The molecule has 1 unspecified atom stereocenters. The summed E-state index contributed by atoms with van der Waals surface area (Å²) in [7, 11) is 3.26. The van der Waals surface area contributed by atoms with E-state index in [1.54, 1.807) is 44.4 Å². The lowest BCUT2D eigenvalue weighted by Crippen LogP contribution is -2.49. The van der Waals surface area contributed by atoms with Crippen LogP contribution in [0.25, 0.3) is 0 Å². The predicted octanol–water partition coefficient (Wildman–Crippen LogP) is 4.08. The van der Waals surface area contributed by atoms with E-state index in [0.29, 0.717) is 10.0 Å². The molecule has 39 heavy (non-hydrogen) atoms. The molecule has 1 atom stereocenters. The third kappa shape index (κ3) is 6.40. The zero-order chi connectivity index (χ0) is 28.1. The van der Waals surface area contributed by atoms with E-state index in [1.165, 1.54) is 17.0 Å². The number of nitro groups is 1. The molecule has 2 N–H and O–H groups in total. The van der Waals surface area contributed by atoms with Crippen molar-refractivity contribution in [2.45, 2.75) is 12.8 Å². The molecule has 11 nitrogen and oxygen atoms in total. The van der Waals surface area contributed by atoms with Crippen LogP contribution in [0.15, 0.2) is 93.8 Å². The summed E-state index contributed by atoms with van der Waals surface area (Å²) in [6, 6.07) is 22.1. The number of allylic oxidation sites excluding steroid dienone is 1. The van der Waals surface area contributed by atoms with Gasteiger partial charge in [-0.05, 0) is 42.0 Å². The summed E-state index contributed by atoms with van der Waals surface area (Å²) in [4.78, 5) is 30.0. The van der Waals surface area contributed by atoms with Crippen molar-refractivity contribution in [3.8, 4) is 17.6 Å². The number of hydrazine groups is 1. The average molecular weight is 591 g/mol. The molecule has 0 bridgehead atoms. The first-order valence-electron chi connectivity index (χ1n) is 11.6. The molecule has 198 valence electrons. The van der Waals surface area contributed by atoms with Crippen LogP contribution in [0, 0.1) is 21.4 Å². The Bertz CT molecular complexity index is 1520. The maximum absolute atomic E-state index is 12.4. The van der Waals surface area contributed by atoms with E-state index >= 15 is 0 Å². The fourth-order valence-electron chi connectivity index (χ4n) is 3.77. The zero-order valence-electron chi connectivity index (χ0n) is 20.9. The Kier molecular flexibility index (Phi) is 8.24. The van der Waals surface area contributed by atoms with E-state index in [1.807, 2.05) is 36.4 Å². The molecule has 1 aliphatic rings. The molecule has 4 rings (SSSR count). The monoisotopic (exact) mass is 590 g/mol. The Morgan fingerprint density at radius 1 is 1.15 bits per heavy atom. The molecule has 1 heterocycles. The van der Waals surface area contributed by atoms with Crippen LogP contribution >= 0.6 is 15.9 Å².